The van der Waals surface area contributed by atoms with Crippen molar-refractivity contribution in [2.45, 2.75) is 25.8 Å². The van der Waals surface area contributed by atoms with Crippen LogP contribution in [-0.2, 0) is 9.59 Å². The smallest absolute Gasteiger partial charge is 0.247 e. The number of nitrogens with zero attached hydrogens (tertiary/aromatic N) is 1. The van der Waals surface area contributed by atoms with E-state index in [0.29, 0.717) is 30.1 Å². The van der Waals surface area contributed by atoms with Crippen LogP contribution in [0.3, 0.4) is 0 Å². The Morgan fingerprint density at radius 3 is 2.71 bits per heavy atom. The lowest BCUT2D eigenvalue weighted by Gasteiger charge is -2.22. The molecule has 0 spiro atoms. The van der Waals surface area contributed by atoms with Gasteiger partial charge >= 0.3 is 0 Å². The molecule has 1 saturated heterocycles. The van der Waals surface area contributed by atoms with E-state index in [2.05, 4.69) is 5.32 Å². The lowest BCUT2D eigenvalue weighted by atomic mass is 10.2. The van der Waals surface area contributed by atoms with Gasteiger partial charge in [0.25, 0.3) is 0 Å². The normalized spacial score (nSPS) is 17.0. The largest absolute Gasteiger partial charge is 0.495 e. The van der Waals surface area contributed by atoms with Gasteiger partial charge in [-0.3, -0.25) is 9.59 Å². The summed E-state index contributed by atoms with van der Waals surface area (Å²) in [6, 6.07) is 4.67. The first-order valence-electron chi connectivity index (χ1n) is 6.54. The maximum Gasteiger partial charge on any atom is 0.247 e. The van der Waals surface area contributed by atoms with Gasteiger partial charge in [0.1, 0.15) is 11.8 Å². The number of hydrogen-bond donors (Lipinski definition) is 2. The summed E-state index contributed by atoms with van der Waals surface area (Å²) in [5.74, 6) is 0.313. The average Bonchev–Trinajstić information content (AvgIpc) is 2.88. The molecule has 1 aliphatic heterocycles. The van der Waals surface area contributed by atoms with Crippen molar-refractivity contribution >= 4 is 35.6 Å². The van der Waals surface area contributed by atoms with Crippen molar-refractivity contribution in [1.29, 1.82) is 0 Å². The van der Waals surface area contributed by atoms with E-state index in [-0.39, 0.29) is 24.2 Å². The van der Waals surface area contributed by atoms with Gasteiger partial charge in [-0.05, 0) is 31.0 Å². The molecule has 1 heterocycles. The fourth-order valence-electron chi connectivity index (χ4n) is 2.45. The quantitative estimate of drug-likeness (QED) is 0.831. The van der Waals surface area contributed by atoms with Crippen molar-refractivity contribution in [1.82, 2.24) is 4.90 Å². The van der Waals surface area contributed by atoms with E-state index in [1.807, 2.05) is 0 Å². The Morgan fingerprint density at radius 1 is 1.43 bits per heavy atom. The van der Waals surface area contributed by atoms with Gasteiger partial charge in [-0.2, -0.15) is 0 Å². The number of carbonyl (C=O) groups excluding carboxylic acids is 2. The first-order chi connectivity index (χ1) is 9.52. The summed E-state index contributed by atoms with van der Waals surface area (Å²) < 4.78 is 5.06. The maximum atomic E-state index is 12.2. The van der Waals surface area contributed by atoms with Gasteiger partial charge in [-0.25, -0.2) is 0 Å². The standard InChI is InChI=1S/C14H19N3O3.ClH/c1-9(18)17-7-3-4-12(17)14(19)16-10-5-6-13(20-2)11(15)8-10;/h5-6,8,12H,3-4,7,15H2,1-2H3,(H,16,19);1H. The highest BCUT2D eigenvalue weighted by Crippen LogP contribution is 2.25. The van der Waals surface area contributed by atoms with Gasteiger partial charge in [-0.15, -0.1) is 12.4 Å². The first kappa shape index (κ1) is 17.1. The molecule has 1 aromatic rings. The van der Waals surface area contributed by atoms with Crippen LogP contribution in [0.1, 0.15) is 19.8 Å². The molecule has 0 bridgehead atoms. The Hall–Kier alpha value is -1.95. The molecule has 0 radical (unpaired) electrons. The van der Waals surface area contributed by atoms with Gasteiger partial charge in [0, 0.05) is 19.2 Å². The Morgan fingerprint density at radius 2 is 2.14 bits per heavy atom. The van der Waals surface area contributed by atoms with Crippen LogP contribution in [0.5, 0.6) is 5.75 Å². The van der Waals surface area contributed by atoms with Crippen LogP contribution in [0.2, 0.25) is 0 Å². The molecule has 1 fully saturated rings. The molecule has 0 aliphatic carbocycles. The summed E-state index contributed by atoms with van der Waals surface area (Å²) in [6.07, 6.45) is 1.54. The van der Waals surface area contributed by atoms with Crippen LogP contribution < -0.4 is 15.8 Å². The number of anilines is 2. The molecule has 1 atom stereocenters. The lowest BCUT2D eigenvalue weighted by Crippen LogP contribution is -2.42. The predicted molar refractivity (Wildman–Crippen MR) is 83.7 cm³/mol. The monoisotopic (exact) mass is 313 g/mol. The van der Waals surface area contributed by atoms with Gasteiger partial charge in [0.15, 0.2) is 0 Å². The van der Waals surface area contributed by atoms with Crippen LogP contribution in [0.15, 0.2) is 18.2 Å². The number of benzene rings is 1. The molecule has 1 aromatic carbocycles. The highest BCUT2D eigenvalue weighted by Gasteiger charge is 2.32. The first-order valence-corrected chi connectivity index (χ1v) is 6.54. The van der Waals surface area contributed by atoms with Crippen LogP contribution in [0.4, 0.5) is 11.4 Å². The highest BCUT2D eigenvalue weighted by molar-refractivity contribution is 5.97. The summed E-state index contributed by atoms with van der Waals surface area (Å²) in [6.45, 7) is 2.12. The number of nitrogen functional groups attached to an aromatic ring is 1. The van der Waals surface area contributed by atoms with E-state index in [1.54, 1.807) is 23.1 Å². The van der Waals surface area contributed by atoms with E-state index in [4.69, 9.17) is 10.5 Å². The Labute approximate surface area is 130 Å². The number of hydrogen-bond acceptors (Lipinski definition) is 4. The number of likely N-dealkylation sites (tertiary alicyclic amines) is 1. The second kappa shape index (κ2) is 7.17. The lowest BCUT2D eigenvalue weighted by molar-refractivity contribution is -0.134. The molecule has 3 N–H and O–H groups in total. The van der Waals surface area contributed by atoms with Gasteiger partial charge < -0.3 is 20.7 Å². The number of nitrogens with one attached hydrogen (secondary N) is 1. The third kappa shape index (κ3) is 3.78. The number of methoxy groups -OCH3 is 1. The molecule has 21 heavy (non-hydrogen) atoms. The van der Waals surface area contributed by atoms with Crippen molar-refractivity contribution in [3.8, 4) is 5.75 Å². The van der Waals surface area contributed by atoms with Gasteiger partial charge in [0.05, 0.1) is 12.8 Å². The second-order valence-electron chi connectivity index (χ2n) is 4.82. The second-order valence-corrected chi connectivity index (χ2v) is 4.82. The average molecular weight is 314 g/mol. The van der Waals surface area contributed by atoms with Crippen LogP contribution in [-0.4, -0.2) is 36.4 Å². The summed E-state index contributed by atoms with van der Waals surface area (Å²) in [5, 5.41) is 2.79. The van der Waals surface area contributed by atoms with E-state index < -0.39 is 6.04 Å². The number of ether oxygens (including phenoxy) is 1. The summed E-state index contributed by atoms with van der Waals surface area (Å²) in [4.78, 5) is 25.3. The summed E-state index contributed by atoms with van der Waals surface area (Å²) >= 11 is 0. The van der Waals surface area contributed by atoms with Crippen molar-refractivity contribution in [3.05, 3.63) is 18.2 Å². The topological polar surface area (TPSA) is 84.7 Å². The number of carbonyl (C=O) groups is 2. The number of amides is 2. The predicted octanol–water partition coefficient (Wildman–Crippen LogP) is 1.65. The molecular formula is C14H20ClN3O3. The SMILES string of the molecule is COc1ccc(NC(=O)C2CCCN2C(C)=O)cc1N.Cl. The highest BCUT2D eigenvalue weighted by atomic mass is 35.5. The minimum absolute atomic E-state index is 0. The zero-order valence-corrected chi connectivity index (χ0v) is 12.9. The van der Waals surface area contributed by atoms with Crippen LogP contribution in [0.25, 0.3) is 0 Å². The minimum Gasteiger partial charge on any atom is -0.495 e. The van der Waals surface area contributed by atoms with E-state index in [9.17, 15) is 9.59 Å². The van der Waals surface area contributed by atoms with Crippen molar-refractivity contribution < 1.29 is 14.3 Å². The van der Waals surface area contributed by atoms with Crippen LogP contribution >= 0.6 is 12.4 Å². The zero-order chi connectivity index (χ0) is 14.7. The molecule has 0 saturated carbocycles. The molecule has 0 aromatic heterocycles. The fraction of sp³-hybridized carbons (Fsp3) is 0.429. The molecule has 2 amide bonds. The molecule has 1 unspecified atom stereocenters. The van der Waals surface area contributed by atoms with Crippen molar-refractivity contribution in [2.24, 2.45) is 0 Å². The van der Waals surface area contributed by atoms with E-state index in [1.165, 1.54) is 14.0 Å². The van der Waals surface area contributed by atoms with Crippen molar-refractivity contribution in [2.75, 3.05) is 24.7 Å². The molecule has 1 aliphatic rings. The van der Waals surface area contributed by atoms with Gasteiger partial charge in [-0.1, -0.05) is 0 Å². The number of nitrogens with two attached hydrogens (primary N) is 1. The van der Waals surface area contributed by atoms with E-state index >= 15 is 0 Å². The summed E-state index contributed by atoms with van der Waals surface area (Å²) in [5.41, 5.74) is 6.85. The molecular weight excluding hydrogens is 294 g/mol. The zero-order valence-electron chi connectivity index (χ0n) is 12.1. The van der Waals surface area contributed by atoms with Crippen LogP contribution in [0, 0.1) is 0 Å². The molecule has 6 nitrogen and oxygen atoms in total. The van der Waals surface area contributed by atoms with Gasteiger partial charge in [0.2, 0.25) is 11.8 Å². The maximum absolute atomic E-state index is 12.2. The molecule has 116 valence electrons. The minimum atomic E-state index is -0.393. The van der Waals surface area contributed by atoms with Crippen molar-refractivity contribution in [3.63, 3.8) is 0 Å². The number of rotatable bonds is 3. The summed E-state index contributed by atoms with van der Waals surface area (Å²) in [7, 11) is 1.53. The Bertz CT molecular complexity index is 536. The Balaban J connectivity index is 0.00000220. The number of halogens is 1. The molecule has 2 rings (SSSR count). The van der Waals surface area contributed by atoms with E-state index in [0.717, 1.165) is 6.42 Å². The fourth-order valence-corrected chi connectivity index (χ4v) is 2.45. The third-order valence-electron chi connectivity index (χ3n) is 3.46. The molecule has 7 heteroatoms. The Kier molecular flexibility index (Phi) is 5.84. The third-order valence-corrected chi connectivity index (χ3v) is 3.46.